The van der Waals surface area contributed by atoms with E-state index in [0.29, 0.717) is 12.4 Å². The Bertz CT molecular complexity index is 956. The summed E-state index contributed by atoms with van der Waals surface area (Å²) in [4.78, 5) is 26.2. The van der Waals surface area contributed by atoms with Crippen LogP contribution in [0.1, 0.15) is 36.6 Å². The molecule has 0 spiro atoms. The maximum Gasteiger partial charge on any atom is 0.251 e. The molecule has 0 saturated carbocycles. The number of rotatable bonds is 4. The molecule has 4 rings (SSSR count). The summed E-state index contributed by atoms with van der Waals surface area (Å²) in [6.07, 6.45) is 6.54. The number of piperidine rings is 1. The molecule has 3 aromatic rings. The summed E-state index contributed by atoms with van der Waals surface area (Å²) in [5.74, 6) is 0.309. The number of nitrogens with one attached hydrogen (secondary N) is 1. The van der Waals surface area contributed by atoms with Crippen molar-refractivity contribution in [2.75, 3.05) is 6.54 Å². The smallest absolute Gasteiger partial charge is 0.251 e. The van der Waals surface area contributed by atoms with E-state index >= 15 is 0 Å². The number of hydrogen-bond donors (Lipinski definition) is 1. The van der Waals surface area contributed by atoms with E-state index in [9.17, 15) is 9.18 Å². The Labute approximate surface area is 156 Å². The molecule has 3 heterocycles. The third-order valence-electron chi connectivity index (χ3n) is 4.95. The molecule has 1 atom stereocenters. The maximum absolute atomic E-state index is 13.2. The number of aromatic amines is 1. The number of nitrogens with zero attached hydrogens (tertiary/aromatic N) is 3. The van der Waals surface area contributed by atoms with Gasteiger partial charge in [-0.05, 0) is 49.2 Å². The highest BCUT2D eigenvalue weighted by molar-refractivity contribution is 5.52. The van der Waals surface area contributed by atoms with Crippen LogP contribution in [0.25, 0.3) is 11.4 Å². The van der Waals surface area contributed by atoms with Gasteiger partial charge in [-0.25, -0.2) is 9.37 Å². The zero-order valence-electron chi connectivity index (χ0n) is 14.9. The van der Waals surface area contributed by atoms with Gasteiger partial charge in [0, 0.05) is 30.6 Å². The molecule has 1 saturated heterocycles. The lowest BCUT2D eigenvalue weighted by Gasteiger charge is -2.35. The van der Waals surface area contributed by atoms with Gasteiger partial charge in [0.2, 0.25) is 0 Å². The van der Waals surface area contributed by atoms with Crippen LogP contribution in [-0.2, 0) is 6.54 Å². The van der Waals surface area contributed by atoms with Crippen LogP contribution >= 0.6 is 0 Å². The molecule has 0 radical (unpaired) electrons. The summed E-state index contributed by atoms with van der Waals surface area (Å²) in [5.41, 5.74) is 2.46. The predicted octanol–water partition coefficient (Wildman–Crippen LogP) is 3.70. The van der Waals surface area contributed by atoms with E-state index < -0.39 is 0 Å². The van der Waals surface area contributed by atoms with Gasteiger partial charge < -0.3 is 4.98 Å². The van der Waals surface area contributed by atoms with Gasteiger partial charge in [0.1, 0.15) is 11.6 Å². The molecule has 0 amide bonds. The highest BCUT2D eigenvalue weighted by Gasteiger charge is 2.26. The Morgan fingerprint density at radius 2 is 2.04 bits per heavy atom. The number of pyridine rings is 1. The van der Waals surface area contributed by atoms with E-state index in [1.807, 2.05) is 24.3 Å². The third-order valence-corrected chi connectivity index (χ3v) is 4.95. The molecule has 1 aromatic carbocycles. The second-order valence-electron chi connectivity index (χ2n) is 6.87. The summed E-state index contributed by atoms with van der Waals surface area (Å²) < 4.78 is 13.2. The largest absolute Gasteiger partial charge is 0.306 e. The van der Waals surface area contributed by atoms with Crippen molar-refractivity contribution in [1.82, 2.24) is 19.9 Å². The SMILES string of the molecule is O=c1cc(C2CCCCN2Cc2ccc(F)cc2)nc(-c2cccnc2)[nH]1. The van der Waals surface area contributed by atoms with Crippen molar-refractivity contribution in [3.05, 3.63) is 82.3 Å². The average Bonchev–Trinajstić information content (AvgIpc) is 2.70. The lowest BCUT2D eigenvalue weighted by atomic mass is 9.98. The minimum atomic E-state index is -0.230. The Morgan fingerprint density at radius 3 is 2.81 bits per heavy atom. The molecule has 1 aliphatic heterocycles. The van der Waals surface area contributed by atoms with Crippen LogP contribution < -0.4 is 5.56 Å². The lowest BCUT2D eigenvalue weighted by Crippen LogP contribution is -2.34. The van der Waals surface area contributed by atoms with Gasteiger partial charge in [0.25, 0.3) is 5.56 Å². The van der Waals surface area contributed by atoms with E-state index in [1.54, 1.807) is 18.5 Å². The van der Waals surface area contributed by atoms with Gasteiger partial charge >= 0.3 is 0 Å². The number of H-pyrrole nitrogens is 1. The first kappa shape index (κ1) is 17.5. The van der Waals surface area contributed by atoms with Crippen LogP contribution in [-0.4, -0.2) is 26.4 Å². The Kier molecular flexibility index (Phi) is 5.07. The van der Waals surface area contributed by atoms with Crippen LogP contribution in [0.4, 0.5) is 4.39 Å². The van der Waals surface area contributed by atoms with Crippen LogP contribution in [0.15, 0.2) is 59.7 Å². The second kappa shape index (κ2) is 7.80. The minimum Gasteiger partial charge on any atom is -0.306 e. The van der Waals surface area contributed by atoms with Crippen molar-refractivity contribution in [3.63, 3.8) is 0 Å². The average molecular weight is 364 g/mol. The molecule has 0 bridgehead atoms. The van der Waals surface area contributed by atoms with E-state index in [1.165, 1.54) is 12.1 Å². The van der Waals surface area contributed by atoms with E-state index in [0.717, 1.165) is 42.6 Å². The normalized spacial score (nSPS) is 17.7. The Morgan fingerprint density at radius 1 is 1.19 bits per heavy atom. The summed E-state index contributed by atoms with van der Waals surface area (Å²) in [7, 11) is 0. The molecular formula is C21H21FN4O. The van der Waals surface area contributed by atoms with E-state index in [4.69, 9.17) is 4.98 Å². The zero-order chi connectivity index (χ0) is 18.6. The summed E-state index contributed by atoms with van der Waals surface area (Å²) >= 11 is 0. The van der Waals surface area contributed by atoms with Crippen LogP contribution in [0.5, 0.6) is 0 Å². The fourth-order valence-corrected chi connectivity index (χ4v) is 3.63. The zero-order valence-corrected chi connectivity index (χ0v) is 14.9. The molecule has 2 aromatic heterocycles. The number of likely N-dealkylation sites (tertiary alicyclic amines) is 1. The van der Waals surface area contributed by atoms with Gasteiger partial charge in [0.15, 0.2) is 0 Å². The fraction of sp³-hybridized carbons (Fsp3) is 0.286. The first-order chi connectivity index (χ1) is 13.2. The van der Waals surface area contributed by atoms with Crippen molar-refractivity contribution in [2.45, 2.75) is 31.8 Å². The molecule has 27 heavy (non-hydrogen) atoms. The summed E-state index contributed by atoms with van der Waals surface area (Å²) in [6.45, 7) is 1.64. The first-order valence-corrected chi connectivity index (χ1v) is 9.19. The standard InChI is InChI=1S/C21H21FN4O/c22-17-8-6-15(7-9-17)14-26-11-2-1-5-19(26)18-12-20(27)25-21(24-18)16-4-3-10-23-13-16/h3-4,6-10,12-13,19H,1-2,5,11,14H2,(H,24,25,27). The highest BCUT2D eigenvalue weighted by atomic mass is 19.1. The molecule has 1 N–H and O–H groups in total. The predicted molar refractivity (Wildman–Crippen MR) is 101 cm³/mol. The van der Waals surface area contributed by atoms with Gasteiger partial charge in [-0.15, -0.1) is 0 Å². The number of aromatic nitrogens is 3. The molecule has 1 aliphatic rings. The van der Waals surface area contributed by atoms with Gasteiger partial charge in [-0.1, -0.05) is 18.6 Å². The Hall–Kier alpha value is -2.86. The van der Waals surface area contributed by atoms with Crippen molar-refractivity contribution < 1.29 is 4.39 Å². The second-order valence-corrected chi connectivity index (χ2v) is 6.87. The number of hydrogen-bond acceptors (Lipinski definition) is 4. The van der Waals surface area contributed by atoms with Crippen LogP contribution in [0, 0.1) is 5.82 Å². The van der Waals surface area contributed by atoms with E-state index in [-0.39, 0.29) is 17.4 Å². The number of halogens is 1. The van der Waals surface area contributed by atoms with Gasteiger partial charge in [-0.3, -0.25) is 14.7 Å². The van der Waals surface area contributed by atoms with E-state index in [2.05, 4.69) is 14.9 Å². The quantitative estimate of drug-likeness (QED) is 0.767. The molecule has 1 fully saturated rings. The minimum absolute atomic E-state index is 0.0709. The van der Waals surface area contributed by atoms with Crippen LogP contribution in [0.2, 0.25) is 0 Å². The topological polar surface area (TPSA) is 61.9 Å². The highest BCUT2D eigenvalue weighted by Crippen LogP contribution is 2.31. The number of benzene rings is 1. The maximum atomic E-state index is 13.2. The summed E-state index contributed by atoms with van der Waals surface area (Å²) in [5, 5.41) is 0. The van der Waals surface area contributed by atoms with Gasteiger partial charge in [-0.2, -0.15) is 0 Å². The summed E-state index contributed by atoms with van der Waals surface area (Å²) in [6, 6.07) is 12.0. The molecule has 1 unspecified atom stereocenters. The van der Waals surface area contributed by atoms with Crippen molar-refractivity contribution in [1.29, 1.82) is 0 Å². The van der Waals surface area contributed by atoms with Crippen molar-refractivity contribution in [2.24, 2.45) is 0 Å². The van der Waals surface area contributed by atoms with Crippen molar-refractivity contribution in [3.8, 4) is 11.4 Å². The molecular weight excluding hydrogens is 343 g/mol. The Balaban J connectivity index is 1.64. The molecule has 5 nitrogen and oxygen atoms in total. The van der Waals surface area contributed by atoms with Crippen LogP contribution in [0.3, 0.4) is 0 Å². The lowest BCUT2D eigenvalue weighted by molar-refractivity contribution is 0.137. The monoisotopic (exact) mass is 364 g/mol. The van der Waals surface area contributed by atoms with Crippen molar-refractivity contribution >= 4 is 0 Å². The fourth-order valence-electron chi connectivity index (χ4n) is 3.63. The molecule has 0 aliphatic carbocycles. The first-order valence-electron chi connectivity index (χ1n) is 9.19. The van der Waals surface area contributed by atoms with Gasteiger partial charge in [0.05, 0.1) is 11.7 Å². The molecule has 138 valence electrons. The molecule has 6 heteroatoms. The third kappa shape index (κ3) is 4.11.